The summed E-state index contributed by atoms with van der Waals surface area (Å²) in [7, 11) is 0. The fraction of sp³-hybridized carbons (Fsp3) is 0.739. The third kappa shape index (κ3) is 6.88. The van der Waals surface area contributed by atoms with E-state index >= 15 is 0 Å². The smallest absolute Gasteiger partial charge is 0.389 e. The van der Waals surface area contributed by atoms with Crippen LogP contribution in [0.1, 0.15) is 50.9 Å². The quantitative estimate of drug-likeness (QED) is 0.634. The Balaban J connectivity index is 1.63. The summed E-state index contributed by atoms with van der Waals surface area (Å²) in [5, 5.41) is 13.1. The van der Waals surface area contributed by atoms with Crippen LogP contribution in [0.3, 0.4) is 0 Å². The summed E-state index contributed by atoms with van der Waals surface area (Å²) >= 11 is 0. The van der Waals surface area contributed by atoms with E-state index in [1.165, 1.54) is 12.1 Å². The summed E-state index contributed by atoms with van der Waals surface area (Å²) in [6, 6.07) is 3.64. The highest BCUT2D eigenvalue weighted by Gasteiger charge is 2.41. The Morgan fingerprint density at radius 3 is 2.42 bits per heavy atom. The molecule has 7 nitrogen and oxygen atoms in total. The fourth-order valence-corrected chi connectivity index (χ4v) is 4.67. The summed E-state index contributed by atoms with van der Waals surface area (Å²) in [4.78, 5) is 21.2. The number of aliphatic hydroxyl groups is 1. The number of nitrogens with one attached hydrogen (secondary N) is 1. The average molecular weight is 473 g/mol. The Labute approximate surface area is 193 Å². The molecule has 0 saturated carbocycles. The summed E-state index contributed by atoms with van der Waals surface area (Å²) in [6.07, 6.45) is -3.00. The Morgan fingerprint density at radius 1 is 1.21 bits per heavy atom. The molecular formula is C23H35F3N4O3. The molecule has 2 fully saturated rings. The minimum absolute atomic E-state index is 0.101. The number of rotatable bonds is 7. The number of aromatic nitrogens is 1. The van der Waals surface area contributed by atoms with Gasteiger partial charge < -0.3 is 15.2 Å². The molecule has 1 aromatic heterocycles. The maximum Gasteiger partial charge on any atom is 0.433 e. The number of pyridine rings is 1. The van der Waals surface area contributed by atoms with Gasteiger partial charge in [0.2, 0.25) is 5.91 Å². The Morgan fingerprint density at radius 2 is 1.85 bits per heavy atom. The maximum absolute atomic E-state index is 13.0. The van der Waals surface area contributed by atoms with Crippen molar-refractivity contribution >= 4 is 5.91 Å². The molecule has 2 aliphatic heterocycles. The molecule has 2 saturated heterocycles. The number of carbonyl (C=O) groups is 1. The van der Waals surface area contributed by atoms with E-state index in [9.17, 15) is 23.1 Å². The highest BCUT2D eigenvalue weighted by Crippen LogP contribution is 2.30. The van der Waals surface area contributed by atoms with E-state index in [-0.39, 0.29) is 17.1 Å². The van der Waals surface area contributed by atoms with Crippen molar-refractivity contribution in [2.75, 3.05) is 52.5 Å². The highest BCUT2D eigenvalue weighted by atomic mass is 19.4. The van der Waals surface area contributed by atoms with E-state index in [0.717, 1.165) is 45.1 Å². The summed E-state index contributed by atoms with van der Waals surface area (Å²) in [5.41, 5.74) is -1.90. The molecule has 2 aliphatic rings. The van der Waals surface area contributed by atoms with E-state index < -0.39 is 23.4 Å². The molecule has 33 heavy (non-hydrogen) atoms. The van der Waals surface area contributed by atoms with Crippen LogP contribution >= 0.6 is 0 Å². The second kappa shape index (κ2) is 10.2. The van der Waals surface area contributed by atoms with Crippen LogP contribution in [0.5, 0.6) is 0 Å². The van der Waals surface area contributed by atoms with Gasteiger partial charge in [0.15, 0.2) is 0 Å². The first-order valence-electron chi connectivity index (χ1n) is 11.5. The normalized spacial score (nSPS) is 21.5. The monoisotopic (exact) mass is 472 g/mol. The molecule has 1 amide bonds. The van der Waals surface area contributed by atoms with Crippen molar-refractivity contribution in [3.05, 3.63) is 29.6 Å². The van der Waals surface area contributed by atoms with Gasteiger partial charge in [0, 0.05) is 58.0 Å². The molecule has 1 aromatic rings. The first-order valence-corrected chi connectivity index (χ1v) is 11.5. The van der Waals surface area contributed by atoms with Gasteiger partial charge in [-0.1, -0.05) is 6.07 Å². The minimum atomic E-state index is -4.55. The summed E-state index contributed by atoms with van der Waals surface area (Å²) in [6.45, 7) is 10.7. The van der Waals surface area contributed by atoms with Gasteiger partial charge in [-0.05, 0) is 45.7 Å². The van der Waals surface area contributed by atoms with Crippen molar-refractivity contribution in [2.24, 2.45) is 0 Å². The number of ether oxygens (including phenoxy) is 1. The SMILES string of the molecule is CC(C(=O)NCC1(N2CCN(CC(C)(C)O)CC2)CCOCC1)c1cccc(C(F)(F)F)n1. The predicted octanol–water partition coefficient (Wildman–Crippen LogP) is 2.26. The molecule has 3 heterocycles. The second-order valence-electron chi connectivity index (χ2n) is 9.80. The lowest BCUT2D eigenvalue weighted by Crippen LogP contribution is -2.63. The molecule has 10 heteroatoms. The number of hydrogen-bond acceptors (Lipinski definition) is 6. The van der Waals surface area contributed by atoms with Gasteiger partial charge in [-0.25, -0.2) is 4.98 Å². The molecule has 0 bridgehead atoms. The van der Waals surface area contributed by atoms with Crippen LogP contribution < -0.4 is 5.32 Å². The van der Waals surface area contributed by atoms with Crippen LogP contribution in [0, 0.1) is 0 Å². The van der Waals surface area contributed by atoms with Crippen molar-refractivity contribution in [1.82, 2.24) is 20.1 Å². The zero-order valence-corrected chi connectivity index (χ0v) is 19.6. The standard InChI is InChI=1S/C23H35F3N4O3/c1-17(18-5-4-6-19(28-18)23(24,25)26)20(31)27-15-22(7-13-33-14-8-22)30-11-9-29(10-12-30)16-21(2,3)32/h4-6,17,32H,7-16H2,1-3H3,(H,27,31). The van der Waals surface area contributed by atoms with Gasteiger partial charge in [-0.2, -0.15) is 13.2 Å². The fourth-order valence-electron chi connectivity index (χ4n) is 4.67. The van der Waals surface area contributed by atoms with E-state index in [4.69, 9.17) is 4.74 Å². The van der Waals surface area contributed by atoms with E-state index in [0.29, 0.717) is 26.3 Å². The molecular weight excluding hydrogens is 437 g/mol. The number of nitrogens with zero attached hydrogens (tertiary/aromatic N) is 3. The molecule has 0 aromatic carbocycles. The number of β-amino-alcohol motifs (C(OH)–C–C–N with tert-alkyl or cyclic N) is 1. The number of hydrogen-bond donors (Lipinski definition) is 2. The average Bonchev–Trinajstić information content (AvgIpc) is 2.76. The molecule has 0 aliphatic carbocycles. The molecule has 1 unspecified atom stereocenters. The van der Waals surface area contributed by atoms with Crippen LogP contribution in [0.25, 0.3) is 0 Å². The van der Waals surface area contributed by atoms with Crippen LogP contribution in [-0.4, -0.2) is 89.4 Å². The van der Waals surface area contributed by atoms with Crippen molar-refractivity contribution in [3.63, 3.8) is 0 Å². The molecule has 1 atom stereocenters. The third-order valence-electron chi connectivity index (χ3n) is 6.57. The molecule has 186 valence electrons. The Kier molecular flexibility index (Phi) is 8.03. The predicted molar refractivity (Wildman–Crippen MR) is 118 cm³/mol. The lowest BCUT2D eigenvalue weighted by atomic mass is 9.86. The number of amides is 1. The lowest BCUT2D eigenvalue weighted by molar-refractivity contribution is -0.141. The van der Waals surface area contributed by atoms with Gasteiger partial charge >= 0.3 is 6.18 Å². The Hall–Kier alpha value is -1.75. The van der Waals surface area contributed by atoms with Crippen molar-refractivity contribution in [3.8, 4) is 0 Å². The highest BCUT2D eigenvalue weighted by molar-refractivity contribution is 5.82. The van der Waals surface area contributed by atoms with Crippen molar-refractivity contribution < 1.29 is 27.8 Å². The molecule has 2 N–H and O–H groups in total. The van der Waals surface area contributed by atoms with E-state index in [1.54, 1.807) is 20.8 Å². The number of carbonyl (C=O) groups excluding carboxylic acids is 1. The van der Waals surface area contributed by atoms with Crippen LogP contribution in [0.15, 0.2) is 18.2 Å². The largest absolute Gasteiger partial charge is 0.433 e. The molecule has 3 rings (SSSR count). The minimum Gasteiger partial charge on any atom is -0.389 e. The molecule has 0 spiro atoms. The number of alkyl halides is 3. The van der Waals surface area contributed by atoms with Crippen molar-refractivity contribution in [2.45, 2.75) is 56.8 Å². The number of halogens is 3. The topological polar surface area (TPSA) is 77.9 Å². The van der Waals surface area contributed by atoms with Gasteiger partial charge in [-0.3, -0.25) is 14.6 Å². The second-order valence-corrected chi connectivity index (χ2v) is 9.80. The van der Waals surface area contributed by atoms with Crippen LogP contribution in [-0.2, 0) is 15.7 Å². The lowest BCUT2D eigenvalue weighted by Gasteiger charge is -2.50. The Bertz CT molecular complexity index is 799. The summed E-state index contributed by atoms with van der Waals surface area (Å²) in [5.74, 6) is -1.14. The van der Waals surface area contributed by atoms with E-state index in [2.05, 4.69) is 20.1 Å². The first-order chi connectivity index (χ1) is 15.4. The molecule has 0 radical (unpaired) electrons. The van der Waals surface area contributed by atoms with Gasteiger partial charge in [0.25, 0.3) is 0 Å². The zero-order valence-electron chi connectivity index (χ0n) is 19.6. The third-order valence-corrected chi connectivity index (χ3v) is 6.57. The van der Waals surface area contributed by atoms with Gasteiger partial charge in [-0.15, -0.1) is 0 Å². The first kappa shape index (κ1) is 25.9. The van der Waals surface area contributed by atoms with Crippen LogP contribution in [0.2, 0.25) is 0 Å². The van der Waals surface area contributed by atoms with Gasteiger partial charge in [0.1, 0.15) is 5.69 Å². The van der Waals surface area contributed by atoms with Gasteiger partial charge in [0.05, 0.1) is 17.2 Å². The summed E-state index contributed by atoms with van der Waals surface area (Å²) < 4.78 is 44.6. The van der Waals surface area contributed by atoms with E-state index in [1.807, 2.05) is 0 Å². The van der Waals surface area contributed by atoms with Crippen molar-refractivity contribution in [1.29, 1.82) is 0 Å². The number of piperazine rings is 1. The van der Waals surface area contributed by atoms with Crippen LogP contribution in [0.4, 0.5) is 13.2 Å². The maximum atomic E-state index is 13.0. The zero-order chi connectivity index (χ0) is 24.3.